The summed E-state index contributed by atoms with van der Waals surface area (Å²) in [7, 11) is 0. The largest absolute Gasteiger partial charge is 0.481 e. The van der Waals surface area contributed by atoms with Crippen molar-refractivity contribution in [2.75, 3.05) is 6.61 Å². The molecule has 26 heavy (non-hydrogen) atoms. The number of hydrogen-bond donors (Lipinski definition) is 0. The van der Waals surface area contributed by atoms with Gasteiger partial charge in [-0.3, -0.25) is 0 Å². The Morgan fingerprint density at radius 2 is 1.77 bits per heavy atom. The van der Waals surface area contributed by atoms with Crippen LogP contribution in [0.5, 0.6) is 5.75 Å². The second-order valence-corrected chi connectivity index (χ2v) is 7.51. The van der Waals surface area contributed by atoms with Gasteiger partial charge in [0.2, 0.25) is 0 Å². The maximum atomic E-state index is 12.3. The number of carbonyl (C=O) groups excluding carboxylic acids is 1. The molecule has 2 aromatic carbocycles. The first-order valence-corrected chi connectivity index (χ1v) is 9.95. The number of fused-ring (bicyclic) bond motifs is 1. The van der Waals surface area contributed by atoms with Gasteiger partial charge in [-0.15, -0.1) is 0 Å². The third-order valence-corrected chi connectivity index (χ3v) is 5.89. The van der Waals surface area contributed by atoms with Crippen LogP contribution >= 0.6 is 0 Å². The molecule has 0 aliphatic heterocycles. The Kier molecular flexibility index (Phi) is 5.85. The Balaban J connectivity index is 1.74. The van der Waals surface area contributed by atoms with Gasteiger partial charge in [0.15, 0.2) is 6.61 Å². The average Bonchev–Trinajstić information content (AvgIpc) is 3.14. The summed E-state index contributed by atoms with van der Waals surface area (Å²) in [6, 6.07) is 12.4. The molecule has 3 heteroatoms. The average molecular weight is 354 g/mol. The smallest absolute Gasteiger partial charge is 0.344 e. The van der Waals surface area contributed by atoms with E-state index in [1.165, 1.54) is 10.9 Å². The molecule has 0 radical (unpaired) electrons. The lowest BCUT2D eigenvalue weighted by atomic mass is 9.93. The van der Waals surface area contributed by atoms with E-state index in [1.807, 2.05) is 12.1 Å². The topological polar surface area (TPSA) is 35.5 Å². The minimum absolute atomic E-state index is 0.0333. The number of ether oxygens (including phenoxy) is 2. The minimum Gasteiger partial charge on any atom is -0.481 e. The van der Waals surface area contributed by atoms with Gasteiger partial charge in [-0.05, 0) is 61.5 Å². The molecule has 0 amide bonds. The van der Waals surface area contributed by atoms with Crippen molar-refractivity contribution in [3.63, 3.8) is 0 Å². The van der Waals surface area contributed by atoms with Crippen LogP contribution in [0.15, 0.2) is 36.4 Å². The number of carbonyl (C=O) groups is 1. The maximum absolute atomic E-state index is 12.3. The van der Waals surface area contributed by atoms with Gasteiger partial charge in [0.1, 0.15) is 11.4 Å². The molecule has 1 fully saturated rings. The third kappa shape index (κ3) is 3.87. The highest BCUT2D eigenvalue weighted by Crippen LogP contribution is 2.36. The van der Waals surface area contributed by atoms with Crippen LogP contribution in [0.4, 0.5) is 0 Å². The van der Waals surface area contributed by atoms with Crippen LogP contribution < -0.4 is 4.74 Å². The van der Waals surface area contributed by atoms with Crippen LogP contribution in [0.25, 0.3) is 10.8 Å². The number of benzene rings is 2. The molecule has 1 saturated carbocycles. The van der Waals surface area contributed by atoms with Crippen LogP contribution in [0.3, 0.4) is 0 Å². The lowest BCUT2D eigenvalue weighted by Crippen LogP contribution is -2.33. The molecule has 1 unspecified atom stereocenters. The summed E-state index contributed by atoms with van der Waals surface area (Å²) in [5.41, 5.74) is 1.07. The molecule has 0 bridgehead atoms. The Morgan fingerprint density at radius 3 is 2.46 bits per heavy atom. The fourth-order valence-corrected chi connectivity index (χ4v) is 4.04. The van der Waals surface area contributed by atoms with Gasteiger partial charge >= 0.3 is 5.97 Å². The van der Waals surface area contributed by atoms with E-state index < -0.39 is 0 Å². The molecule has 2 aromatic rings. The summed E-state index contributed by atoms with van der Waals surface area (Å²) < 4.78 is 11.7. The van der Waals surface area contributed by atoms with Crippen molar-refractivity contribution < 1.29 is 14.3 Å². The first-order valence-electron chi connectivity index (χ1n) is 9.95. The van der Waals surface area contributed by atoms with Crippen molar-refractivity contribution in [2.24, 2.45) is 0 Å². The zero-order valence-corrected chi connectivity index (χ0v) is 16.2. The van der Waals surface area contributed by atoms with Gasteiger partial charge < -0.3 is 9.47 Å². The molecular weight excluding hydrogens is 324 g/mol. The second kappa shape index (κ2) is 8.11. The molecule has 0 spiro atoms. The van der Waals surface area contributed by atoms with Crippen LogP contribution in [-0.2, 0) is 9.53 Å². The number of hydrogen-bond acceptors (Lipinski definition) is 3. The van der Waals surface area contributed by atoms with Crippen molar-refractivity contribution in [3.05, 3.63) is 42.0 Å². The quantitative estimate of drug-likeness (QED) is 0.572. The lowest BCUT2D eigenvalue weighted by molar-refractivity contribution is -0.162. The van der Waals surface area contributed by atoms with Gasteiger partial charge in [-0.1, -0.05) is 51.1 Å². The Bertz CT molecular complexity index is 759. The standard InChI is InChI=1S/C23H30O3/c1-4-17(3)18-10-8-12-20-19(18)11-9-13-21(20)25-16-22(24)26-23(5-2)14-6-7-15-23/h8-13,17H,4-7,14-16H2,1-3H3. The van der Waals surface area contributed by atoms with Gasteiger partial charge in [0.05, 0.1) is 0 Å². The first-order chi connectivity index (χ1) is 12.6. The van der Waals surface area contributed by atoms with E-state index in [1.54, 1.807) is 0 Å². The molecular formula is C23H30O3. The Labute approximate surface area is 156 Å². The number of rotatable bonds is 7. The van der Waals surface area contributed by atoms with Crippen LogP contribution in [0.1, 0.15) is 70.8 Å². The van der Waals surface area contributed by atoms with E-state index in [-0.39, 0.29) is 18.2 Å². The van der Waals surface area contributed by atoms with E-state index in [2.05, 4.69) is 45.0 Å². The van der Waals surface area contributed by atoms with Crippen LogP contribution in [-0.4, -0.2) is 18.2 Å². The van der Waals surface area contributed by atoms with Crippen molar-refractivity contribution in [1.82, 2.24) is 0 Å². The van der Waals surface area contributed by atoms with Crippen molar-refractivity contribution in [2.45, 2.75) is 70.8 Å². The van der Waals surface area contributed by atoms with E-state index in [4.69, 9.17) is 9.47 Å². The van der Waals surface area contributed by atoms with Gasteiger partial charge in [0.25, 0.3) is 0 Å². The van der Waals surface area contributed by atoms with Crippen molar-refractivity contribution in [1.29, 1.82) is 0 Å². The summed E-state index contributed by atoms with van der Waals surface area (Å²) in [5.74, 6) is 0.983. The predicted molar refractivity (Wildman–Crippen MR) is 106 cm³/mol. The highest BCUT2D eigenvalue weighted by atomic mass is 16.6. The molecule has 3 rings (SSSR count). The predicted octanol–water partition coefficient (Wildman–Crippen LogP) is 6.00. The minimum atomic E-state index is -0.261. The molecule has 0 aromatic heterocycles. The SMILES string of the molecule is CCC(C)c1cccc2c(OCC(=O)OC3(CC)CCCC3)cccc12. The van der Waals surface area contributed by atoms with Crippen LogP contribution in [0, 0.1) is 0 Å². The van der Waals surface area contributed by atoms with E-state index >= 15 is 0 Å². The molecule has 1 aliphatic rings. The summed E-state index contributed by atoms with van der Waals surface area (Å²) in [6.45, 7) is 6.51. The Hall–Kier alpha value is -2.03. The zero-order valence-electron chi connectivity index (χ0n) is 16.2. The fraction of sp³-hybridized carbons (Fsp3) is 0.522. The van der Waals surface area contributed by atoms with Gasteiger partial charge in [0, 0.05) is 5.39 Å². The summed E-state index contributed by atoms with van der Waals surface area (Å²) in [6.07, 6.45) is 6.21. The van der Waals surface area contributed by atoms with Crippen LogP contribution in [0.2, 0.25) is 0 Å². The van der Waals surface area contributed by atoms with Gasteiger partial charge in [-0.25, -0.2) is 4.79 Å². The lowest BCUT2D eigenvalue weighted by Gasteiger charge is -2.27. The first kappa shape index (κ1) is 18.8. The molecule has 1 aliphatic carbocycles. The molecule has 140 valence electrons. The molecule has 0 N–H and O–H groups in total. The fourth-order valence-electron chi connectivity index (χ4n) is 4.04. The molecule has 0 saturated heterocycles. The maximum Gasteiger partial charge on any atom is 0.344 e. The van der Waals surface area contributed by atoms with Crippen molar-refractivity contribution in [3.8, 4) is 5.75 Å². The summed E-state index contributed by atoms with van der Waals surface area (Å²) in [4.78, 5) is 12.3. The highest BCUT2D eigenvalue weighted by molar-refractivity contribution is 5.91. The van der Waals surface area contributed by atoms with E-state index in [9.17, 15) is 4.79 Å². The third-order valence-electron chi connectivity index (χ3n) is 5.89. The van der Waals surface area contributed by atoms with E-state index in [0.717, 1.165) is 49.7 Å². The molecule has 0 heterocycles. The molecule has 1 atom stereocenters. The monoisotopic (exact) mass is 354 g/mol. The normalized spacial score (nSPS) is 17.2. The Morgan fingerprint density at radius 1 is 1.08 bits per heavy atom. The zero-order chi connectivity index (χ0) is 18.6. The molecule has 3 nitrogen and oxygen atoms in total. The second-order valence-electron chi connectivity index (χ2n) is 7.51. The number of esters is 1. The summed E-state index contributed by atoms with van der Waals surface area (Å²) >= 11 is 0. The summed E-state index contributed by atoms with van der Waals surface area (Å²) in [5, 5.41) is 2.26. The van der Waals surface area contributed by atoms with Crippen molar-refractivity contribution >= 4 is 16.7 Å². The van der Waals surface area contributed by atoms with Gasteiger partial charge in [-0.2, -0.15) is 0 Å². The van der Waals surface area contributed by atoms with E-state index in [0.29, 0.717) is 5.92 Å². The highest BCUT2D eigenvalue weighted by Gasteiger charge is 2.35.